The van der Waals surface area contributed by atoms with Gasteiger partial charge in [0.15, 0.2) is 0 Å². The van der Waals surface area contributed by atoms with Crippen LogP contribution in [0, 0.1) is 24.0 Å². The number of ether oxygens (including phenoxy) is 2. The first-order valence-electron chi connectivity index (χ1n) is 6.45. The van der Waals surface area contributed by atoms with Gasteiger partial charge in [0, 0.05) is 0 Å². The van der Waals surface area contributed by atoms with Crippen LogP contribution in [0.1, 0.15) is 11.4 Å². The zero-order valence-electron chi connectivity index (χ0n) is 12.4. The number of carbonyl (C=O) groups is 1. The highest BCUT2D eigenvalue weighted by molar-refractivity contribution is 5.72. The van der Waals surface area contributed by atoms with Crippen LogP contribution in [0.2, 0.25) is 0 Å². The van der Waals surface area contributed by atoms with Crippen molar-refractivity contribution in [2.75, 3.05) is 7.11 Å². The molecule has 0 fully saturated rings. The lowest BCUT2D eigenvalue weighted by Gasteiger charge is -2.06. The van der Waals surface area contributed by atoms with Gasteiger partial charge in [0.05, 0.1) is 12.0 Å². The number of methoxy groups -OCH3 is 1. The van der Waals surface area contributed by atoms with Crippen molar-refractivity contribution < 1.29 is 19.2 Å². The molecule has 0 aliphatic heterocycles. The summed E-state index contributed by atoms with van der Waals surface area (Å²) in [7, 11) is 1.54. The van der Waals surface area contributed by atoms with Crippen molar-refractivity contribution in [2.45, 2.75) is 20.4 Å². The molecular formula is C14H15N3O5. The lowest BCUT2D eigenvalue weighted by Crippen LogP contribution is -2.18. The van der Waals surface area contributed by atoms with E-state index in [2.05, 4.69) is 5.10 Å². The number of aryl methyl sites for hydroxylation is 1. The molecule has 2 rings (SSSR count). The lowest BCUT2D eigenvalue weighted by atomic mass is 10.3. The molecule has 1 aromatic carbocycles. The molecule has 0 N–H and O–H groups in total. The van der Waals surface area contributed by atoms with E-state index in [0.29, 0.717) is 17.2 Å². The summed E-state index contributed by atoms with van der Waals surface area (Å²) in [5, 5.41) is 14.9. The van der Waals surface area contributed by atoms with Crippen LogP contribution in [0.4, 0.5) is 5.69 Å². The van der Waals surface area contributed by atoms with Gasteiger partial charge in [-0.3, -0.25) is 14.8 Å². The molecule has 0 radical (unpaired) electrons. The molecule has 8 nitrogen and oxygen atoms in total. The largest absolute Gasteiger partial charge is 0.497 e. The molecule has 22 heavy (non-hydrogen) atoms. The smallest absolute Gasteiger partial charge is 0.333 e. The van der Waals surface area contributed by atoms with Crippen molar-refractivity contribution in [3.8, 4) is 11.5 Å². The van der Waals surface area contributed by atoms with E-state index in [1.54, 1.807) is 31.2 Å². The first-order valence-corrected chi connectivity index (χ1v) is 6.45. The van der Waals surface area contributed by atoms with E-state index in [-0.39, 0.29) is 17.9 Å². The second kappa shape index (κ2) is 6.25. The zero-order valence-corrected chi connectivity index (χ0v) is 12.4. The molecule has 1 aromatic heterocycles. The molecule has 0 bridgehead atoms. The number of aromatic nitrogens is 2. The first-order chi connectivity index (χ1) is 10.4. The molecule has 8 heteroatoms. The minimum atomic E-state index is -0.564. The van der Waals surface area contributed by atoms with Crippen molar-refractivity contribution in [3.05, 3.63) is 45.8 Å². The van der Waals surface area contributed by atoms with E-state index < -0.39 is 10.9 Å². The number of nitro groups is 1. The second-order valence-corrected chi connectivity index (χ2v) is 4.58. The number of esters is 1. The molecule has 1 heterocycles. The maximum Gasteiger partial charge on any atom is 0.333 e. The predicted octanol–water partition coefficient (Wildman–Crippen LogP) is 2.02. The molecule has 0 saturated heterocycles. The van der Waals surface area contributed by atoms with Crippen LogP contribution in [0.25, 0.3) is 0 Å². The first kappa shape index (κ1) is 15.5. The van der Waals surface area contributed by atoms with Crippen LogP contribution in [0.5, 0.6) is 11.5 Å². The molecule has 0 amide bonds. The number of carbonyl (C=O) groups excluding carboxylic acids is 1. The quantitative estimate of drug-likeness (QED) is 0.363. The third-order valence-corrected chi connectivity index (χ3v) is 3.10. The standard InChI is InChI=1S/C14H15N3O5/c1-9-14(17(19)20)10(2)16(15-9)8-13(18)22-12-6-4-11(21-3)5-7-12/h4-7H,8H2,1-3H3. The molecule has 0 unspecified atom stereocenters. The Kier molecular flexibility index (Phi) is 4.40. The summed E-state index contributed by atoms with van der Waals surface area (Å²) >= 11 is 0. The molecule has 0 aliphatic carbocycles. The van der Waals surface area contributed by atoms with E-state index in [4.69, 9.17) is 9.47 Å². The van der Waals surface area contributed by atoms with Crippen LogP contribution >= 0.6 is 0 Å². The molecule has 0 spiro atoms. The molecule has 116 valence electrons. The monoisotopic (exact) mass is 305 g/mol. The van der Waals surface area contributed by atoms with Gasteiger partial charge in [0.1, 0.15) is 29.4 Å². The lowest BCUT2D eigenvalue weighted by molar-refractivity contribution is -0.386. The van der Waals surface area contributed by atoms with Crippen LogP contribution < -0.4 is 9.47 Å². The van der Waals surface area contributed by atoms with Crippen LogP contribution in [0.15, 0.2) is 24.3 Å². The van der Waals surface area contributed by atoms with Gasteiger partial charge < -0.3 is 9.47 Å². The Labute approximate surface area is 126 Å². The van der Waals surface area contributed by atoms with E-state index in [9.17, 15) is 14.9 Å². The zero-order chi connectivity index (χ0) is 16.3. The Balaban J connectivity index is 2.09. The van der Waals surface area contributed by atoms with E-state index in [1.165, 1.54) is 18.7 Å². The minimum Gasteiger partial charge on any atom is -0.497 e. The fraction of sp³-hybridized carbons (Fsp3) is 0.286. The van der Waals surface area contributed by atoms with Crippen molar-refractivity contribution in [2.24, 2.45) is 0 Å². The van der Waals surface area contributed by atoms with Gasteiger partial charge >= 0.3 is 11.7 Å². The molecule has 0 atom stereocenters. The summed E-state index contributed by atoms with van der Waals surface area (Å²) in [6, 6.07) is 6.52. The average Bonchev–Trinajstić information content (AvgIpc) is 2.74. The summed E-state index contributed by atoms with van der Waals surface area (Å²) in [6.45, 7) is 2.86. The number of rotatable bonds is 5. The number of hydrogen-bond donors (Lipinski definition) is 0. The van der Waals surface area contributed by atoms with Gasteiger partial charge in [-0.1, -0.05) is 0 Å². The van der Waals surface area contributed by atoms with Crippen molar-refractivity contribution in [1.29, 1.82) is 0 Å². The van der Waals surface area contributed by atoms with Crippen LogP contribution in [0.3, 0.4) is 0 Å². The highest BCUT2D eigenvalue weighted by Crippen LogP contribution is 2.22. The van der Waals surface area contributed by atoms with E-state index >= 15 is 0 Å². The normalized spacial score (nSPS) is 10.3. The highest BCUT2D eigenvalue weighted by atomic mass is 16.6. The van der Waals surface area contributed by atoms with Crippen molar-refractivity contribution in [1.82, 2.24) is 9.78 Å². The summed E-state index contributed by atoms with van der Waals surface area (Å²) in [5.74, 6) is 0.446. The maximum absolute atomic E-state index is 11.9. The fourth-order valence-corrected chi connectivity index (χ4v) is 2.04. The topological polar surface area (TPSA) is 96.5 Å². The summed E-state index contributed by atoms with van der Waals surface area (Å²) in [5.41, 5.74) is 0.492. The molecule has 0 saturated carbocycles. The number of nitrogens with zero attached hydrogens (tertiary/aromatic N) is 3. The van der Waals surface area contributed by atoms with Gasteiger partial charge in [-0.05, 0) is 38.1 Å². The summed E-state index contributed by atoms with van der Waals surface area (Å²) < 4.78 is 11.4. The molecule has 0 aliphatic rings. The maximum atomic E-state index is 11.9. The third kappa shape index (κ3) is 3.22. The van der Waals surface area contributed by atoms with Crippen molar-refractivity contribution >= 4 is 11.7 Å². The van der Waals surface area contributed by atoms with E-state index in [1.807, 2.05) is 0 Å². The van der Waals surface area contributed by atoms with Gasteiger partial charge in [-0.2, -0.15) is 5.10 Å². The number of hydrogen-bond acceptors (Lipinski definition) is 6. The van der Waals surface area contributed by atoms with Crippen molar-refractivity contribution in [3.63, 3.8) is 0 Å². The van der Waals surface area contributed by atoms with Gasteiger partial charge in [-0.25, -0.2) is 4.79 Å². The van der Waals surface area contributed by atoms with Crippen LogP contribution in [-0.4, -0.2) is 27.8 Å². The Morgan fingerprint density at radius 1 is 1.27 bits per heavy atom. The Bertz CT molecular complexity index is 706. The average molecular weight is 305 g/mol. The van der Waals surface area contributed by atoms with Gasteiger partial charge in [-0.15, -0.1) is 0 Å². The number of benzene rings is 1. The van der Waals surface area contributed by atoms with Gasteiger partial charge in [0.2, 0.25) is 0 Å². The van der Waals surface area contributed by atoms with Gasteiger partial charge in [0.25, 0.3) is 0 Å². The SMILES string of the molecule is COc1ccc(OC(=O)Cn2nc(C)c([N+](=O)[O-])c2C)cc1. The third-order valence-electron chi connectivity index (χ3n) is 3.10. The highest BCUT2D eigenvalue weighted by Gasteiger charge is 2.23. The molecule has 2 aromatic rings. The predicted molar refractivity (Wildman–Crippen MR) is 77.0 cm³/mol. The Hall–Kier alpha value is -2.90. The second-order valence-electron chi connectivity index (χ2n) is 4.58. The Morgan fingerprint density at radius 2 is 1.86 bits per heavy atom. The molecular weight excluding hydrogens is 290 g/mol. The fourth-order valence-electron chi connectivity index (χ4n) is 2.04. The summed E-state index contributed by atoms with van der Waals surface area (Å²) in [4.78, 5) is 22.3. The Morgan fingerprint density at radius 3 is 2.36 bits per heavy atom. The minimum absolute atomic E-state index is 0.0859. The van der Waals surface area contributed by atoms with E-state index in [0.717, 1.165) is 0 Å². The summed E-state index contributed by atoms with van der Waals surface area (Å²) in [6.07, 6.45) is 0. The van der Waals surface area contributed by atoms with Crippen LogP contribution in [-0.2, 0) is 11.3 Å².